The fourth-order valence-corrected chi connectivity index (χ4v) is 2.57. The van der Waals surface area contributed by atoms with Crippen LogP contribution >= 0.6 is 0 Å². The van der Waals surface area contributed by atoms with Gasteiger partial charge in [0.05, 0.1) is 0 Å². The molecule has 1 aliphatic carbocycles. The van der Waals surface area contributed by atoms with E-state index in [9.17, 15) is 0 Å². The highest BCUT2D eigenvalue weighted by Gasteiger charge is 2.25. The van der Waals surface area contributed by atoms with E-state index in [0.717, 1.165) is 6.42 Å². The van der Waals surface area contributed by atoms with E-state index in [4.69, 9.17) is 0 Å². The zero-order valence-electron chi connectivity index (χ0n) is 8.61. The van der Waals surface area contributed by atoms with E-state index in [1.165, 1.54) is 22.3 Å². The topological polar surface area (TPSA) is 0 Å². The van der Waals surface area contributed by atoms with E-state index in [1.54, 1.807) is 0 Å². The molecule has 0 heteroatoms. The first-order chi connectivity index (χ1) is 7.42. The SMILES string of the molecule is [CH2]CC1c2ccccc2-c2ccccc21. The van der Waals surface area contributed by atoms with Crippen LogP contribution in [0.5, 0.6) is 0 Å². The fourth-order valence-electron chi connectivity index (χ4n) is 2.57. The molecular weight excluding hydrogens is 180 g/mol. The molecule has 0 saturated carbocycles. The molecule has 0 unspecified atom stereocenters. The van der Waals surface area contributed by atoms with Gasteiger partial charge in [-0.2, -0.15) is 0 Å². The Morgan fingerprint density at radius 2 is 1.27 bits per heavy atom. The maximum Gasteiger partial charge on any atom is 0.0102 e. The smallest absolute Gasteiger partial charge is 0.0102 e. The van der Waals surface area contributed by atoms with Crippen molar-refractivity contribution in [1.82, 2.24) is 0 Å². The summed E-state index contributed by atoms with van der Waals surface area (Å²) in [5.74, 6) is 0.498. The van der Waals surface area contributed by atoms with Gasteiger partial charge in [0.2, 0.25) is 0 Å². The molecule has 0 nitrogen and oxygen atoms in total. The van der Waals surface area contributed by atoms with Gasteiger partial charge in [0, 0.05) is 5.92 Å². The quantitative estimate of drug-likeness (QED) is 0.641. The predicted octanol–water partition coefficient (Wildman–Crippen LogP) is 4.02. The molecule has 0 fully saturated rings. The van der Waals surface area contributed by atoms with Gasteiger partial charge in [0.15, 0.2) is 0 Å². The summed E-state index contributed by atoms with van der Waals surface area (Å²) in [6.07, 6.45) is 0.939. The van der Waals surface area contributed by atoms with Crippen LogP contribution in [0.3, 0.4) is 0 Å². The summed E-state index contributed by atoms with van der Waals surface area (Å²) in [6, 6.07) is 17.3. The first-order valence-corrected chi connectivity index (χ1v) is 5.39. The molecule has 2 aromatic rings. The van der Waals surface area contributed by atoms with Crippen molar-refractivity contribution in [1.29, 1.82) is 0 Å². The highest BCUT2D eigenvalue weighted by molar-refractivity contribution is 5.78. The second-order valence-electron chi connectivity index (χ2n) is 4.02. The molecule has 1 radical (unpaired) electrons. The van der Waals surface area contributed by atoms with Gasteiger partial charge in [-0.15, -0.1) is 0 Å². The monoisotopic (exact) mass is 193 g/mol. The number of hydrogen-bond donors (Lipinski definition) is 0. The molecule has 0 atom stereocenters. The fraction of sp³-hybridized carbons (Fsp3) is 0.133. The summed E-state index contributed by atoms with van der Waals surface area (Å²) < 4.78 is 0. The Morgan fingerprint density at radius 3 is 1.73 bits per heavy atom. The van der Waals surface area contributed by atoms with Gasteiger partial charge in [-0.25, -0.2) is 0 Å². The summed E-state index contributed by atoms with van der Waals surface area (Å²) in [5.41, 5.74) is 5.66. The van der Waals surface area contributed by atoms with Crippen molar-refractivity contribution in [3.8, 4) is 11.1 Å². The van der Waals surface area contributed by atoms with Gasteiger partial charge >= 0.3 is 0 Å². The van der Waals surface area contributed by atoms with Crippen molar-refractivity contribution in [3.05, 3.63) is 66.6 Å². The molecule has 0 saturated heterocycles. The van der Waals surface area contributed by atoms with E-state index in [-0.39, 0.29) is 0 Å². The molecule has 0 aliphatic heterocycles. The van der Waals surface area contributed by atoms with E-state index in [0.29, 0.717) is 5.92 Å². The van der Waals surface area contributed by atoms with E-state index < -0.39 is 0 Å². The van der Waals surface area contributed by atoms with Gasteiger partial charge in [0.25, 0.3) is 0 Å². The van der Waals surface area contributed by atoms with Crippen LogP contribution in [0.15, 0.2) is 48.5 Å². The molecule has 15 heavy (non-hydrogen) atoms. The Morgan fingerprint density at radius 1 is 0.800 bits per heavy atom. The summed E-state index contributed by atoms with van der Waals surface area (Å²) in [7, 11) is 0. The zero-order valence-corrected chi connectivity index (χ0v) is 8.61. The molecule has 0 aromatic heterocycles. The van der Waals surface area contributed by atoms with Gasteiger partial charge in [-0.05, 0) is 28.7 Å². The Bertz CT molecular complexity index is 451. The Hall–Kier alpha value is -1.56. The van der Waals surface area contributed by atoms with Gasteiger partial charge in [-0.3, -0.25) is 0 Å². The standard InChI is InChI=1S/C15H13/c1-2-11-12-7-3-5-9-14(12)15-10-6-4-8-13(11)15/h3-11H,1-2H2. The minimum Gasteiger partial charge on any atom is -0.0619 e. The molecule has 1 aliphatic rings. The van der Waals surface area contributed by atoms with Gasteiger partial charge in [-0.1, -0.05) is 55.5 Å². The minimum atomic E-state index is 0.498. The third kappa shape index (κ3) is 1.14. The van der Waals surface area contributed by atoms with Crippen LogP contribution in [0.25, 0.3) is 11.1 Å². The average molecular weight is 193 g/mol. The number of rotatable bonds is 1. The molecule has 0 bridgehead atoms. The van der Waals surface area contributed by atoms with Gasteiger partial charge < -0.3 is 0 Å². The second-order valence-corrected chi connectivity index (χ2v) is 4.02. The van der Waals surface area contributed by atoms with Crippen molar-refractivity contribution in [2.45, 2.75) is 12.3 Å². The lowest BCUT2D eigenvalue weighted by Gasteiger charge is -2.09. The third-order valence-electron chi connectivity index (χ3n) is 3.25. The second kappa shape index (κ2) is 3.23. The van der Waals surface area contributed by atoms with Crippen LogP contribution in [-0.2, 0) is 0 Å². The number of fused-ring (bicyclic) bond motifs is 3. The largest absolute Gasteiger partial charge is 0.0619 e. The summed E-state index contributed by atoms with van der Waals surface area (Å²) in [4.78, 5) is 0. The highest BCUT2D eigenvalue weighted by Crippen LogP contribution is 2.45. The van der Waals surface area contributed by atoms with Crippen molar-refractivity contribution < 1.29 is 0 Å². The van der Waals surface area contributed by atoms with E-state index >= 15 is 0 Å². The van der Waals surface area contributed by atoms with Crippen LogP contribution in [0.4, 0.5) is 0 Å². The summed E-state index contributed by atoms with van der Waals surface area (Å²) in [5, 5.41) is 0. The van der Waals surface area contributed by atoms with Crippen LogP contribution < -0.4 is 0 Å². The molecule has 0 heterocycles. The lowest BCUT2D eigenvalue weighted by molar-refractivity contribution is 0.852. The van der Waals surface area contributed by atoms with Crippen LogP contribution in [0, 0.1) is 6.92 Å². The number of benzene rings is 2. The van der Waals surface area contributed by atoms with Gasteiger partial charge in [0.1, 0.15) is 0 Å². The lowest BCUT2D eigenvalue weighted by atomic mass is 9.95. The molecular formula is C15H13. The maximum absolute atomic E-state index is 4.07. The first-order valence-electron chi connectivity index (χ1n) is 5.39. The minimum absolute atomic E-state index is 0.498. The van der Waals surface area contributed by atoms with Crippen molar-refractivity contribution in [2.24, 2.45) is 0 Å². The Labute approximate surface area is 90.6 Å². The molecule has 0 amide bonds. The lowest BCUT2D eigenvalue weighted by Crippen LogP contribution is -1.93. The molecule has 2 aromatic carbocycles. The van der Waals surface area contributed by atoms with Crippen LogP contribution in [0.2, 0.25) is 0 Å². The normalized spacial score (nSPS) is 13.7. The Kier molecular flexibility index (Phi) is 1.88. The summed E-state index contributed by atoms with van der Waals surface area (Å²) >= 11 is 0. The molecule has 73 valence electrons. The Balaban J connectivity index is 2.31. The third-order valence-corrected chi connectivity index (χ3v) is 3.25. The predicted molar refractivity (Wildman–Crippen MR) is 63.7 cm³/mol. The first kappa shape index (κ1) is 8.72. The summed E-state index contributed by atoms with van der Waals surface area (Å²) in [6.45, 7) is 4.07. The zero-order chi connectivity index (χ0) is 10.3. The number of hydrogen-bond acceptors (Lipinski definition) is 0. The maximum atomic E-state index is 4.07. The molecule has 0 N–H and O–H groups in total. The highest BCUT2D eigenvalue weighted by atomic mass is 14.3. The van der Waals surface area contributed by atoms with Crippen molar-refractivity contribution >= 4 is 0 Å². The van der Waals surface area contributed by atoms with Crippen molar-refractivity contribution in [2.75, 3.05) is 0 Å². The molecule has 3 rings (SSSR count). The molecule has 0 spiro atoms. The van der Waals surface area contributed by atoms with E-state index in [1.807, 2.05) is 0 Å². The van der Waals surface area contributed by atoms with E-state index in [2.05, 4.69) is 55.5 Å². The van der Waals surface area contributed by atoms with Crippen LogP contribution in [0.1, 0.15) is 23.5 Å². The average Bonchev–Trinajstić information content (AvgIpc) is 2.63. The van der Waals surface area contributed by atoms with Crippen LogP contribution in [-0.4, -0.2) is 0 Å². The van der Waals surface area contributed by atoms with Crippen molar-refractivity contribution in [3.63, 3.8) is 0 Å².